The molecule has 0 bridgehead atoms. The monoisotopic (exact) mass is 242 g/mol. The van der Waals surface area contributed by atoms with E-state index in [4.69, 9.17) is 0 Å². The van der Waals surface area contributed by atoms with E-state index in [1.54, 1.807) is 6.08 Å². The minimum Gasteiger partial charge on any atom is -0.285 e. The highest BCUT2D eigenvalue weighted by Crippen LogP contribution is 2.01. The number of hydrogen-bond acceptors (Lipinski definition) is 2. The van der Waals surface area contributed by atoms with Gasteiger partial charge in [-0.3, -0.25) is 5.01 Å². The predicted molar refractivity (Wildman–Crippen MR) is 83.7 cm³/mol. The Bertz CT molecular complexity index is 170. The Balaban J connectivity index is -0.000000121. The van der Waals surface area contributed by atoms with Gasteiger partial charge in [-0.25, -0.2) is 5.43 Å². The van der Waals surface area contributed by atoms with Crippen molar-refractivity contribution >= 4 is 0 Å². The van der Waals surface area contributed by atoms with E-state index in [0.717, 1.165) is 5.70 Å². The Kier molecular flexibility index (Phi) is 43.2. The molecule has 2 nitrogen and oxygen atoms in total. The van der Waals surface area contributed by atoms with Crippen LogP contribution in [0.1, 0.15) is 55.4 Å². The van der Waals surface area contributed by atoms with Gasteiger partial charge in [-0.05, 0) is 19.9 Å². The zero-order chi connectivity index (χ0) is 14.7. The molecule has 104 valence electrons. The molecule has 0 spiro atoms. The van der Waals surface area contributed by atoms with Crippen molar-refractivity contribution in [1.29, 1.82) is 0 Å². The molecule has 0 aromatic rings. The summed E-state index contributed by atoms with van der Waals surface area (Å²) in [6.07, 6.45) is 7.69. The third-order valence-electron chi connectivity index (χ3n) is 1.32. The number of nitrogens with zero attached hydrogens (tertiary/aromatic N) is 1. The summed E-state index contributed by atoms with van der Waals surface area (Å²) in [6.45, 7) is 19.6. The van der Waals surface area contributed by atoms with Crippen LogP contribution in [0.3, 0.4) is 0 Å². The van der Waals surface area contributed by atoms with Gasteiger partial charge in [0.25, 0.3) is 0 Å². The van der Waals surface area contributed by atoms with E-state index in [9.17, 15) is 0 Å². The van der Waals surface area contributed by atoms with E-state index in [1.165, 1.54) is 0 Å². The summed E-state index contributed by atoms with van der Waals surface area (Å²) in [4.78, 5) is 0. The second kappa shape index (κ2) is 29.4. The van der Waals surface area contributed by atoms with Gasteiger partial charge in [0.15, 0.2) is 0 Å². The van der Waals surface area contributed by atoms with E-state index in [0.29, 0.717) is 0 Å². The second-order valence-corrected chi connectivity index (χ2v) is 1.99. The molecule has 0 amide bonds. The van der Waals surface area contributed by atoms with Crippen LogP contribution >= 0.6 is 0 Å². The molecule has 0 heterocycles. The van der Waals surface area contributed by atoms with Crippen molar-refractivity contribution in [3.05, 3.63) is 36.7 Å². The van der Waals surface area contributed by atoms with Gasteiger partial charge in [0.05, 0.1) is 5.70 Å². The standard InChI is InChI=1S/C9H16N2.3C2H6/c1-5-8-11(10-4)9(6-2)7-3;3*1-2/h5-8,10H,2H2,1,3-4H3;3*1-2H3/b8-5-,9-7-;;;. The Morgan fingerprint density at radius 1 is 1.00 bits per heavy atom. The first-order valence-electron chi connectivity index (χ1n) is 6.68. The van der Waals surface area contributed by atoms with Crippen LogP contribution in [0.25, 0.3) is 0 Å². The fourth-order valence-corrected chi connectivity index (χ4v) is 0.794. The molecule has 17 heavy (non-hydrogen) atoms. The molecule has 0 unspecified atom stereocenters. The molecule has 0 aromatic carbocycles. The molecular formula is C15H34N2. The Labute approximate surface area is 110 Å². The maximum atomic E-state index is 3.70. The zero-order valence-corrected chi connectivity index (χ0v) is 13.5. The molecule has 0 aliphatic carbocycles. The molecule has 0 aromatic heterocycles. The van der Waals surface area contributed by atoms with E-state index in [-0.39, 0.29) is 0 Å². The van der Waals surface area contributed by atoms with Gasteiger partial charge in [0.1, 0.15) is 0 Å². The molecule has 0 aliphatic rings. The lowest BCUT2D eigenvalue weighted by Crippen LogP contribution is -2.27. The highest BCUT2D eigenvalue weighted by atomic mass is 15.5. The molecule has 0 saturated carbocycles. The molecule has 0 rings (SSSR count). The molecule has 2 heteroatoms. The van der Waals surface area contributed by atoms with E-state index >= 15 is 0 Å². The van der Waals surface area contributed by atoms with Crippen molar-refractivity contribution in [3.63, 3.8) is 0 Å². The second-order valence-electron chi connectivity index (χ2n) is 1.99. The van der Waals surface area contributed by atoms with Crippen LogP contribution in [-0.2, 0) is 0 Å². The van der Waals surface area contributed by atoms with Crippen molar-refractivity contribution in [2.45, 2.75) is 55.4 Å². The van der Waals surface area contributed by atoms with E-state index in [1.807, 2.05) is 85.8 Å². The SMILES string of the molecule is C=C/C(=C/C)N(/C=C\C)NC.CC.CC.CC. The third kappa shape index (κ3) is 17.6. The van der Waals surface area contributed by atoms with Crippen molar-refractivity contribution in [3.8, 4) is 0 Å². The number of hydrazine groups is 1. The van der Waals surface area contributed by atoms with Crippen molar-refractivity contribution in [2.24, 2.45) is 0 Å². The molecule has 1 N–H and O–H groups in total. The quantitative estimate of drug-likeness (QED) is 0.543. The molecular weight excluding hydrogens is 208 g/mol. The first kappa shape index (κ1) is 25.0. The average Bonchev–Trinajstić information content (AvgIpc) is 2.45. The fraction of sp³-hybridized carbons (Fsp3) is 0.600. The average molecular weight is 242 g/mol. The van der Waals surface area contributed by atoms with Gasteiger partial charge < -0.3 is 0 Å². The van der Waals surface area contributed by atoms with Crippen LogP contribution in [0.2, 0.25) is 0 Å². The zero-order valence-electron chi connectivity index (χ0n) is 13.5. The van der Waals surface area contributed by atoms with Crippen LogP contribution in [0.4, 0.5) is 0 Å². The summed E-state index contributed by atoms with van der Waals surface area (Å²) in [6, 6.07) is 0. The molecule has 0 radical (unpaired) electrons. The number of nitrogens with one attached hydrogen (secondary N) is 1. The lowest BCUT2D eigenvalue weighted by atomic mass is 10.4. The van der Waals surface area contributed by atoms with Crippen molar-refractivity contribution < 1.29 is 0 Å². The molecule has 0 saturated heterocycles. The van der Waals surface area contributed by atoms with Gasteiger partial charge in [-0.2, -0.15) is 0 Å². The van der Waals surface area contributed by atoms with Gasteiger partial charge in [-0.1, -0.05) is 60.3 Å². The van der Waals surface area contributed by atoms with E-state index < -0.39 is 0 Å². The van der Waals surface area contributed by atoms with Gasteiger partial charge in [0.2, 0.25) is 0 Å². The highest BCUT2D eigenvalue weighted by Gasteiger charge is 1.95. The molecule has 0 fully saturated rings. The Hall–Kier alpha value is -1.02. The van der Waals surface area contributed by atoms with Crippen LogP contribution in [0, 0.1) is 0 Å². The van der Waals surface area contributed by atoms with Crippen LogP contribution in [0.15, 0.2) is 36.7 Å². The van der Waals surface area contributed by atoms with Gasteiger partial charge >= 0.3 is 0 Å². The largest absolute Gasteiger partial charge is 0.285 e. The molecule has 0 aliphatic heterocycles. The Morgan fingerprint density at radius 3 is 1.59 bits per heavy atom. The van der Waals surface area contributed by atoms with E-state index in [2.05, 4.69) is 12.0 Å². The first-order valence-corrected chi connectivity index (χ1v) is 6.68. The number of allylic oxidation sites excluding steroid dienone is 3. The summed E-state index contributed by atoms with van der Waals surface area (Å²) in [5.74, 6) is 0. The number of hydrogen-bond donors (Lipinski definition) is 1. The molecule has 0 atom stereocenters. The normalized spacial score (nSPS) is 8.88. The smallest absolute Gasteiger partial charge is 0.0521 e. The van der Waals surface area contributed by atoms with Crippen molar-refractivity contribution in [1.82, 2.24) is 10.4 Å². The van der Waals surface area contributed by atoms with Crippen molar-refractivity contribution in [2.75, 3.05) is 7.05 Å². The maximum Gasteiger partial charge on any atom is 0.0521 e. The Morgan fingerprint density at radius 2 is 1.41 bits per heavy atom. The number of rotatable bonds is 4. The van der Waals surface area contributed by atoms with Gasteiger partial charge in [0, 0.05) is 13.2 Å². The summed E-state index contributed by atoms with van der Waals surface area (Å²) in [5, 5.41) is 1.90. The first-order chi connectivity index (χ1) is 8.29. The lowest BCUT2D eigenvalue weighted by Gasteiger charge is -2.19. The fourth-order valence-electron chi connectivity index (χ4n) is 0.794. The topological polar surface area (TPSA) is 15.3 Å². The maximum absolute atomic E-state index is 3.70. The summed E-state index contributed by atoms with van der Waals surface area (Å²) in [7, 11) is 1.87. The minimum atomic E-state index is 1.05. The summed E-state index contributed by atoms with van der Waals surface area (Å²) < 4.78 is 0. The lowest BCUT2D eigenvalue weighted by molar-refractivity contribution is 0.385. The van der Waals surface area contributed by atoms with Crippen LogP contribution in [0.5, 0.6) is 0 Å². The summed E-state index contributed by atoms with van der Waals surface area (Å²) in [5.41, 5.74) is 4.06. The van der Waals surface area contributed by atoms with Crippen LogP contribution < -0.4 is 5.43 Å². The predicted octanol–water partition coefficient (Wildman–Crippen LogP) is 5.12. The van der Waals surface area contributed by atoms with Gasteiger partial charge in [-0.15, -0.1) is 0 Å². The summed E-state index contributed by atoms with van der Waals surface area (Å²) >= 11 is 0. The third-order valence-corrected chi connectivity index (χ3v) is 1.32. The minimum absolute atomic E-state index is 1.05. The highest BCUT2D eigenvalue weighted by molar-refractivity contribution is 5.15. The van der Waals surface area contributed by atoms with Crippen LogP contribution in [-0.4, -0.2) is 12.1 Å².